The minimum Gasteiger partial charge on any atom is -0.356 e. The summed E-state index contributed by atoms with van der Waals surface area (Å²) in [7, 11) is 0. The zero-order valence-corrected chi connectivity index (χ0v) is 20.6. The third-order valence-corrected chi connectivity index (χ3v) is 7.25. The molecule has 35 heavy (non-hydrogen) atoms. The van der Waals surface area contributed by atoms with Gasteiger partial charge in [-0.15, -0.1) is 10.2 Å². The number of amides is 4. The summed E-state index contributed by atoms with van der Waals surface area (Å²) < 4.78 is 0. The van der Waals surface area contributed by atoms with E-state index in [0.29, 0.717) is 51.1 Å². The van der Waals surface area contributed by atoms with Crippen LogP contribution >= 0.6 is 11.3 Å². The molecule has 3 heterocycles. The quantitative estimate of drug-likeness (QED) is 0.537. The Bertz CT molecular complexity index is 1080. The smallest absolute Gasteiger partial charge is 0.286 e. The van der Waals surface area contributed by atoms with Crippen LogP contribution in [0.2, 0.25) is 0 Å². The van der Waals surface area contributed by atoms with Gasteiger partial charge in [0, 0.05) is 50.7 Å². The van der Waals surface area contributed by atoms with Gasteiger partial charge in [0.25, 0.3) is 11.8 Å². The molecule has 4 amide bonds. The molecule has 0 bridgehead atoms. The van der Waals surface area contributed by atoms with Gasteiger partial charge in [-0.3, -0.25) is 19.2 Å². The first kappa shape index (κ1) is 24.8. The second-order valence-electron chi connectivity index (χ2n) is 8.93. The van der Waals surface area contributed by atoms with E-state index in [1.807, 2.05) is 24.0 Å². The summed E-state index contributed by atoms with van der Waals surface area (Å²) in [5.74, 6) is -0.628. The Morgan fingerprint density at radius 1 is 1.06 bits per heavy atom. The van der Waals surface area contributed by atoms with Gasteiger partial charge in [-0.25, -0.2) is 0 Å². The lowest BCUT2D eigenvalue weighted by molar-refractivity contribution is -0.127. The van der Waals surface area contributed by atoms with Crippen molar-refractivity contribution in [3.05, 3.63) is 39.8 Å². The highest BCUT2D eigenvalue weighted by molar-refractivity contribution is 7.15. The van der Waals surface area contributed by atoms with Crippen molar-refractivity contribution in [1.29, 1.82) is 0 Å². The third kappa shape index (κ3) is 6.41. The molecule has 0 saturated carbocycles. The van der Waals surface area contributed by atoms with Gasteiger partial charge in [0.05, 0.1) is 0 Å². The number of hydrogen-bond donors (Lipinski definition) is 2. The molecule has 2 N–H and O–H groups in total. The van der Waals surface area contributed by atoms with Crippen molar-refractivity contribution in [3.63, 3.8) is 0 Å². The lowest BCUT2D eigenvalue weighted by atomic mass is 9.96. The molecule has 2 aliphatic rings. The highest BCUT2D eigenvalue weighted by Gasteiger charge is 2.30. The Labute approximate surface area is 208 Å². The van der Waals surface area contributed by atoms with E-state index in [2.05, 4.69) is 20.8 Å². The van der Waals surface area contributed by atoms with Crippen LogP contribution in [0.25, 0.3) is 0 Å². The molecule has 0 spiro atoms. The van der Waals surface area contributed by atoms with Gasteiger partial charge in [0.15, 0.2) is 0 Å². The molecule has 2 fully saturated rings. The maximum absolute atomic E-state index is 12.8. The highest BCUT2D eigenvalue weighted by atomic mass is 32.1. The molecule has 2 aliphatic heterocycles. The number of piperidine rings is 1. The Kier molecular flexibility index (Phi) is 8.06. The Morgan fingerprint density at radius 2 is 1.77 bits per heavy atom. The number of carbonyl (C=O) groups is 4. The standard InChI is InChI=1S/C24H30N6O4S/c1-16-5-7-18(8-6-16)26-21(33)22-27-28-23(35-22)24(34)30-14-9-17(10-15-30)20(32)25-11-3-13-29-12-2-4-19(29)31/h5-8,17H,2-4,9-15H2,1H3,(H,25,32)(H,26,33). The molecule has 2 aromatic rings. The first-order valence-electron chi connectivity index (χ1n) is 12.0. The van der Waals surface area contributed by atoms with Crippen LogP contribution in [0.5, 0.6) is 0 Å². The molecule has 186 valence electrons. The molecule has 10 nitrogen and oxygen atoms in total. The van der Waals surface area contributed by atoms with E-state index in [1.165, 1.54) is 0 Å². The lowest BCUT2D eigenvalue weighted by Gasteiger charge is -2.30. The van der Waals surface area contributed by atoms with Gasteiger partial charge in [0.1, 0.15) is 0 Å². The summed E-state index contributed by atoms with van der Waals surface area (Å²) in [5.41, 5.74) is 1.73. The summed E-state index contributed by atoms with van der Waals surface area (Å²) in [6, 6.07) is 7.39. The first-order valence-corrected chi connectivity index (χ1v) is 12.8. The fourth-order valence-electron chi connectivity index (χ4n) is 4.27. The fourth-order valence-corrected chi connectivity index (χ4v) is 4.98. The monoisotopic (exact) mass is 498 g/mol. The van der Waals surface area contributed by atoms with Crippen LogP contribution in [0.15, 0.2) is 24.3 Å². The molecular formula is C24H30N6O4S. The van der Waals surface area contributed by atoms with Crippen LogP contribution in [0.3, 0.4) is 0 Å². The number of rotatable bonds is 8. The second-order valence-corrected chi connectivity index (χ2v) is 9.91. The number of likely N-dealkylation sites (tertiary alicyclic amines) is 2. The van der Waals surface area contributed by atoms with Gasteiger partial charge in [0.2, 0.25) is 21.8 Å². The van der Waals surface area contributed by atoms with Crippen molar-refractivity contribution in [2.24, 2.45) is 5.92 Å². The zero-order valence-electron chi connectivity index (χ0n) is 19.8. The molecule has 2 saturated heterocycles. The molecule has 0 radical (unpaired) electrons. The van der Waals surface area contributed by atoms with E-state index < -0.39 is 5.91 Å². The van der Waals surface area contributed by atoms with E-state index in [4.69, 9.17) is 0 Å². The van der Waals surface area contributed by atoms with E-state index in [-0.39, 0.29) is 33.7 Å². The van der Waals surface area contributed by atoms with E-state index >= 15 is 0 Å². The Hall–Kier alpha value is -3.34. The average molecular weight is 499 g/mol. The normalized spacial score (nSPS) is 16.4. The maximum Gasteiger partial charge on any atom is 0.286 e. The van der Waals surface area contributed by atoms with Crippen LogP contribution in [0.1, 0.15) is 57.3 Å². The molecule has 4 rings (SSSR count). The number of aromatic nitrogens is 2. The number of aryl methyl sites for hydroxylation is 1. The summed E-state index contributed by atoms with van der Waals surface area (Å²) in [4.78, 5) is 52.9. The predicted octanol–water partition coefficient (Wildman–Crippen LogP) is 2.08. The number of benzene rings is 1. The van der Waals surface area contributed by atoms with Crippen LogP contribution in [0, 0.1) is 12.8 Å². The number of carbonyl (C=O) groups excluding carboxylic acids is 4. The number of anilines is 1. The minimum absolute atomic E-state index is 0.00387. The van der Waals surface area contributed by atoms with Crippen LogP contribution < -0.4 is 10.6 Å². The van der Waals surface area contributed by atoms with Crippen LogP contribution in [-0.2, 0) is 9.59 Å². The molecule has 1 aromatic carbocycles. The van der Waals surface area contributed by atoms with Gasteiger partial charge >= 0.3 is 0 Å². The predicted molar refractivity (Wildman–Crippen MR) is 131 cm³/mol. The lowest BCUT2D eigenvalue weighted by Crippen LogP contribution is -2.43. The van der Waals surface area contributed by atoms with Crippen molar-refractivity contribution in [2.45, 2.75) is 39.0 Å². The summed E-state index contributed by atoms with van der Waals surface area (Å²) in [6.45, 7) is 4.89. The number of hydrogen-bond acceptors (Lipinski definition) is 7. The Morgan fingerprint density at radius 3 is 2.46 bits per heavy atom. The van der Waals surface area contributed by atoms with Crippen LogP contribution in [0.4, 0.5) is 5.69 Å². The molecule has 0 atom stereocenters. The minimum atomic E-state index is -0.408. The van der Waals surface area contributed by atoms with Crippen molar-refractivity contribution < 1.29 is 19.2 Å². The number of nitrogens with zero attached hydrogens (tertiary/aromatic N) is 4. The largest absolute Gasteiger partial charge is 0.356 e. The van der Waals surface area contributed by atoms with Gasteiger partial charge in [-0.2, -0.15) is 0 Å². The summed E-state index contributed by atoms with van der Waals surface area (Å²) in [5, 5.41) is 13.8. The van der Waals surface area contributed by atoms with Crippen molar-refractivity contribution in [2.75, 3.05) is 38.0 Å². The van der Waals surface area contributed by atoms with Crippen molar-refractivity contribution in [1.82, 2.24) is 25.3 Å². The maximum atomic E-state index is 12.8. The van der Waals surface area contributed by atoms with Gasteiger partial charge in [-0.05, 0) is 44.7 Å². The van der Waals surface area contributed by atoms with Gasteiger partial charge < -0.3 is 20.4 Å². The first-order chi connectivity index (χ1) is 16.9. The average Bonchev–Trinajstić information content (AvgIpc) is 3.52. The molecule has 0 unspecified atom stereocenters. The zero-order chi connectivity index (χ0) is 24.8. The SMILES string of the molecule is Cc1ccc(NC(=O)c2nnc(C(=O)N3CCC(C(=O)NCCCN4CCCC4=O)CC3)s2)cc1. The Balaban J connectivity index is 1.20. The molecule has 0 aliphatic carbocycles. The molecule has 1 aromatic heterocycles. The summed E-state index contributed by atoms with van der Waals surface area (Å²) >= 11 is 0.964. The number of nitrogens with one attached hydrogen (secondary N) is 2. The topological polar surface area (TPSA) is 125 Å². The van der Waals surface area contributed by atoms with E-state index in [9.17, 15) is 19.2 Å². The molecular weight excluding hydrogens is 468 g/mol. The van der Waals surface area contributed by atoms with Crippen molar-refractivity contribution >= 4 is 40.7 Å². The van der Waals surface area contributed by atoms with E-state index in [1.54, 1.807) is 17.0 Å². The third-order valence-electron chi connectivity index (χ3n) is 6.34. The van der Waals surface area contributed by atoms with Crippen molar-refractivity contribution in [3.8, 4) is 0 Å². The molecule has 11 heteroatoms. The van der Waals surface area contributed by atoms with Gasteiger partial charge in [-0.1, -0.05) is 29.0 Å². The fraction of sp³-hybridized carbons (Fsp3) is 0.500. The van der Waals surface area contributed by atoms with E-state index in [0.717, 1.165) is 36.3 Å². The second kappa shape index (κ2) is 11.4. The highest BCUT2D eigenvalue weighted by Crippen LogP contribution is 2.21. The van der Waals surface area contributed by atoms with Crippen LogP contribution in [-0.4, -0.2) is 76.3 Å². The summed E-state index contributed by atoms with van der Waals surface area (Å²) in [6.07, 6.45) is 3.43.